The highest BCUT2D eigenvalue weighted by Crippen LogP contribution is 2.31. The smallest absolute Gasteiger partial charge is 0.230 e. The van der Waals surface area contributed by atoms with Gasteiger partial charge in [-0.15, -0.1) is 11.3 Å². The second kappa shape index (κ2) is 5.60. The molecule has 0 amide bonds. The van der Waals surface area contributed by atoms with Crippen molar-refractivity contribution < 1.29 is 4.42 Å². The van der Waals surface area contributed by atoms with E-state index in [1.165, 1.54) is 22.7 Å². The molecule has 0 saturated carbocycles. The first-order chi connectivity index (χ1) is 13.3. The van der Waals surface area contributed by atoms with Crippen molar-refractivity contribution in [2.24, 2.45) is 0 Å². The molecule has 0 aliphatic carbocycles. The van der Waals surface area contributed by atoms with Crippen LogP contribution in [-0.4, -0.2) is 29.9 Å². The molecule has 9 heteroatoms. The quantitative estimate of drug-likeness (QED) is 0.429. The van der Waals surface area contributed by atoms with E-state index in [0.29, 0.717) is 17.1 Å². The molecule has 0 N–H and O–H groups in total. The van der Waals surface area contributed by atoms with E-state index >= 15 is 0 Å². The molecule has 0 aromatic carbocycles. The minimum atomic E-state index is 0.489. The summed E-state index contributed by atoms with van der Waals surface area (Å²) in [7, 11) is 0. The van der Waals surface area contributed by atoms with Crippen LogP contribution >= 0.6 is 22.7 Å². The number of fused-ring (bicyclic) bond motifs is 3. The number of hydrogen-bond donors (Lipinski definition) is 0. The van der Waals surface area contributed by atoms with Gasteiger partial charge in [0.15, 0.2) is 16.9 Å². The van der Waals surface area contributed by atoms with Gasteiger partial charge < -0.3 is 4.42 Å². The third kappa shape index (κ3) is 2.40. The van der Waals surface area contributed by atoms with Crippen LogP contribution < -0.4 is 0 Å². The summed E-state index contributed by atoms with van der Waals surface area (Å²) < 4.78 is 6.86. The van der Waals surface area contributed by atoms with Gasteiger partial charge in [0, 0.05) is 12.4 Å². The second-order valence-corrected chi connectivity index (χ2v) is 7.65. The Bertz CT molecular complexity index is 1420. The standard InChI is InChI=1S/C18H8N6OS2/c1-2-10-17(19-5-1)27-18(23-10)11-3-4-12-14(22-11)24-16(25-12)9-6-13-15(20-7-9)21-8-26-13/h1-8H. The summed E-state index contributed by atoms with van der Waals surface area (Å²) in [6, 6.07) is 9.55. The highest BCUT2D eigenvalue weighted by Gasteiger charge is 2.14. The van der Waals surface area contributed by atoms with Crippen molar-refractivity contribution in [3.63, 3.8) is 0 Å². The van der Waals surface area contributed by atoms with Crippen LogP contribution in [0.3, 0.4) is 0 Å². The summed E-state index contributed by atoms with van der Waals surface area (Å²) in [6.45, 7) is 0. The average Bonchev–Trinajstić information content (AvgIpc) is 3.42. The lowest BCUT2D eigenvalue weighted by Gasteiger charge is -1.93. The van der Waals surface area contributed by atoms with Gasteiger partial charge in [-0.2, -0.15) is 4.98 Å². The molecule has 0 spiro atoms. The highest BCUT2D eigenvalue weighted by molar-refractivity contribution is 7.21. The van der Waals surface area contributed by atoms with Gasteiger partial charge in [-0.1, -0.05) is 11.3 Å². The normalized spacial score (nSPS) is 11.7. The van der Waals surface area contributed by atoms with Crippen LogP contribution in [-0.2, 0) is 0 Å². The van der Waals surface area contributed by atoms with Crippen LogP contribution in [0, 0.1) is 0 Å². The van der Waals surface area contributed by atoms with E-state index in [-0.39, 0.29) is 0 Å². The van der Waals surface area contributed by atoms with Crippen LogP contribution in [0.5, 0.6) is 0 Å². The van der Waals surface area contributed by atoms with Crippen LogP contribution in [0.25, 0.3) is 54.1 Å². The number of oxazole rings is 1. The lowest BCUT2D eigenvalue weighted by molar-refractivity contribution is 0.619. The van der Waals surface area contributed by atoms with Crippen molar-refractivity contribution >= 4 is 54.6 Å². The zero-order chi connectivity index (χ0) is 17.8. The number of pyridine rings is 3. The van der Waals surface area contributed by atoms with Crippen molar-refractivity contribution in [3.05, 3.63) is 48.2 Å². The fourth-order valence-electron chi connectivity index (χ4n) is 2.81. The van der Waals surface area contributed by atoms with Gasteiger partial charge in [0.05, 0.1) is 15.8 Å². The molecule has 6 aromatic heterocycles. The zero-order valence-corrected chi connectivity index (χ0v) is 15.2. The maximum atomic E-state index is 5.87. The van der Waals surface area contributed by atoms with E-state index in [4.69, 9.17) is 4.42 Å². The minimum Gasteiger partial charge on any atom is -0.434 e. The molecule has 0 unspecified atom stereocenters. The molecule has 0 atom stereocenters. The largest absolute Gasteiger partial charge is 0.434 e. The monoisotopic (exact) mass is 388 g/mol. The second-order valence-electron chi connectivity index (χ2n) is 5.78. The predicted molar refractivity (Wildman–Crippen MR) is 105 cm³/mol. The van der Waals surface area contributed by atoms with E-state index in [1.54, 1.807) is 17.9 Å². The van der Waals surface area contributed by atoms with E-state index in [1.807, 2.05) is 30.3 Å². The Hall–Kier alpha value is -3.30. The van der Waals surface area contributed by atoms with Crippen molar-refractivity contribution in [3.8, 4) is 22.2 Å². The van der Waals surface area contributed by atoms with E-state index in [9.17, 15) is 0 Å². The van der Waals surface area contributed by atoms with E-state index in [0.717, 1.165) is 37.0 Å². The van der Waals surface area contributed by atoms with Gasteiger partial charge in [0.25, 0.3) is 0 Å². The Balaban J connectivity index is 1.46. The summed E-state index contributed by atoms with van der Waals surface area (Å²) in [5.41, 5.74) is 6.08. The average molecular weight is 388 g/mol. The van der Waals surface area contributed by atoms with Gasteiger partial charge in [0.2, 0.25) is 5.89 Å². The number of aromatic nitrogens is 6. The van der Waals surface area contributed by atoms with Crippen LogP contribution in [0.2, 0.25) is 0 Å². The van der Waals surface area contributed by atoms with Crippen LogP contribution in [0.4, 0.5) is 0 Å². The predicted octanol–water partition coefficient (Wildman–Crippen LogP) is 4.57. The minimum absolute atomic E-state index is 0.489. The molecular formula is C18H8N6OS2. The molecule has 0 aliphatic heterocycles. The van der Waals surface area contributed by atoms with Crippen molar-refractivity contribution in [1.29, 1.82) is 0 Å². The van der Waals surface area contributed by atoms with Gasteiger partial charge in [-0.3, -0.25) is 0 Å². The van der Waals surface area contributed by atoms with Crippen molar-refractivity contribution in [1.82, 2.24) is 29.9 Å². The molecule has 27 heavy (non-hydrogen) atoms. The first-order valence-corrected chi connectivity index (χ1v) is 9.72. The SMILES string of the molecule is c1cnc2sc(-c3ccc4oc(-c5cnc6ncsc6c5)nc4n3)nc2c1. The van der Waals surface area contributed by atoms with E-state index < -0.39 is 0 Å². The van der Waals surface area contributed by atoms with Crippen molar-refractivity contribution in [2.75, 3.05) is 0 Å². The Kier molecular flexibility index (Phi) is 3.07. The summed E-state index contributed by atoms with van der Waals surface area (Å²) in [5, 5.41) is 0.808. The Labute approximate surface area is 159 Å². The third-order valence-electron chi connectivity index (χ3n) is 4.07. The van der Waals surface area contributed by atoms with Crippen LogP contribution in [0.1, 0.15) is 0 Å². The maximum absolute atomic E-state index is 5.87. The lowest BCUT2D eigenvalue weighted by atomic mass is 10.3. The van der Waals surface area contributed by atoms with Gasteiger partial charge in [0.1, 0.15) is 21.0 Å². The molecule has 0 radical (unpaired) electrons. The Morgan fingerprint density at radius 2 is 1.93 bits per heavy atom. The third-order valence-corrected chi connectivity index (χ3v) is 5.84. The Morgan fingerprint density at radius 3 is 2.89 bits per heavy atom. The molecule has 128 valence electrons. The fourth-order valence-corrected chi connectivity index (χ4v) is 4.36. The first kappa shape index (κ1) is 14.8. The molecule has 0 aliphatic rings. The molecule has 6 heterocycles. The summed E-state index contributed by atoms with van der Waals surface area (Å²) in [4.78, 5) is 27.5. The molecule has 0 saturated heterocycles. The van der Waals surface area contributed by atoms with Crippen LogP contribution in [0.15, 0.2) is 52.7 Å². The van der Waals surface area contributed by atoms with E-state index in [2.05, 4.69) is 29.9 Å². The lowest BCUT2D eigenvalue weighted by Crippen LogP contribution is -1.84. The molecular weight excluding hydrogens is 380 g/mol. The topological polar surface area (TPSA) is 90.5 Å². The summed E-state index contributed by atoms with van der Waals surface area (Å²) >= 11 is 3.04. The number of hydrogen-bond acceptors (Lipinski definition) is 9. The first-order valence-electron chi connectivity index (χ1n) is 8.03. The molecule has 0 fully saturated rings. The Morgan fingerprint density at radius 1 is 0.926 bits per heavy atom. The fraction of sp³-hybridized carbons (Fsp3) is 0. The molecule has 0 bridgehead atoms. The van der Waals surface area contributed by atoms with Crippen molar-refractivity contribution in [2.45, 2.75) is 0 Å². The molecule has 6 rings (SSSR count). The summed E-state index contributed by atoms with van der Waals surface area (Å²) in [6.07, 6.45) is 3.48. The number of nitrogens with zero attached hydrogens (tertiary/aromatic N) is 6. The van der Waals surface area contributed by atoms with Gasteiger partial charge >= 0.3 is 0 Å². The number of rotatable bonds is 2. The maximum Gasteiger partial charge on any atom is 0.230 e. The highest BCUT2D eigenvalue weighted by atomic mass is 32.1. The van der Waals surface area contributed by atoms with Gasteiger partial charge in [-0.25, -0.2) is 24.9 Å². The van der Waals surface area contributed by atoms with Gasteiger partial charge in [-0.05, 0) is 30.3 Å². The number of thiazole rings is 2. The summed E-state index contributed by atoms with van der Waals surface area (Å²) in [5.74, 6) is 0.489. The zero-order valence-electron chi connectivity index (χ0n) is 13.5. The molecule has 7 nitrogen and oxygen atoms in total. The molecule has 6 aromatic rings.